The van der Waals surface area contributed by atoms with Crippen LogP contribution in [0.1, 0.15) is 5.56 Å². The number of benzene rings is 1. The Morgan fingerprint density at radius 2 is 2.00 bits per heavy atom. The third-order valence-corrected chi connectivity index (χ3v) is 5.78. The number of β-lactam (4-membered cyclic amide) rings is 1. The molecule has 24 heavy (non-hydrogen) atoms. The maximum absolute atomic E-state index is 12.3. The molecule has 2 saturated heterocycles. The lowest BCUT2D eigenvalue weighted by Crippen LogP contribution is -2.76. The second-order valence-electron chi connectivity index (χ2n) is 5.90. The van der Waals surface area contributed by atoms with Gasteiger partial charge in [0.2, 0.25) is 11.8 Å². The highest BCUT2D eigenvalue weighted by Gasteiger charge is 2.57. The van der Waals surface area contributed by atoms with Gasteiger partial charge >= 0.3 is 5.97 Å². The number of thioether (sulfide) groups is 1. The van der Waals surface area contributed by atoms with Crippen LogP contribution in [0.3, 0.4) is 0 Å². The number of nitrogens with one attached hydrogen (secondary N) is 1. The Labute approximate surface area is 143 Å². The first kappa shape index (κ1) is 16.8. The molecule has 3 N–H and O–H groups in total. The summed E-state index contributed by atoms with van der Waals surface area (Å²) >= 11 is 1.39. The van der Waals surface area contributed by atoms with E-state index in [0.29, 0.717) is 5.75 Å². The van der Waals surface area contributed by atoms with E-state index < -0.39 is 29.9 Å². The minimum atomic E-state index is -1.12. The number of nitrogens with zero attached hydrogens (tertiary/aromatic N) is 1. The summed E-state index contributed by atoms with van der Waals surface area (Å²) < 4.78 is 0. The molecule has 0 radical (unpaired) electrons. The minimum absolute atomic E-state index is 0.170. The fourth-order valence-corrected chi connectivity index (χ4v) is 4.62. The van der Waals surface area contributed by atoms with Crippen molar-refractivity contribution in [1.29, 1.82) is 0 Å². The van der Waals surface area contributed by atoms with E-state index in [1.165, 1.54) is 16.7 Å². The highest BCUT2D eigenvalue weighted by Crippen LogP contribution is 2.40. The molecule has 8 heteroatoms. The number of hydrogen-bond acceptors (Lipinski definition) is 5. The second kappa shape index (κ2) is 6.82. The summed E-state index contributed by atoms with van der Waals surface area (Å²) in [5.41, 5.74) is 0.846. The summed E-state index contributed by atoms with van der Waals surface area (Å²) in [5, 5.41) is 21.0. The van der Waals surface area contributed by atoms with Gasteiger partial charge in [0.1, 0.15) is 17.5 Å². The van der Waals surface area contributed by atoms with Crippen LogP contribution in [0, 0.1) is 5.92 Å². The predicted octanol–water partition coefficient (Wildman–Crippen LogP) is -0.309. The van der Waals surface area contributed by atoms with Crippen LogP contribution in [0.15, 0.2) is 30.3 Å². The monoisotopic (exact) mass is 350 g/mol. The molecule has 3 rings (SSSR count). The zero-order valence-corrected chi connectivity index (χ0v) is 13.6. The van der Waals surface area contributed by atoms with Crippen molar-refractivity contribution in [1.82, 2.24) is 10.2 Å². The van der Waals surface area contributed by atoms with Gasteiger partial charge in [-0.2, -0.15) is 0 Å². The Balaban J connectivity index is 1.64. The van der Waals surface area contributed by atoms with E-state index in [0.717, 1.165) is 5.56 Å². The number of carboxylic acids is 1. The van der Waals surface area contributed by atoms with Crippen LogP contribution in [0.25, 0.3) is 0 Å². The maximum atomic E-state index is 12.3. The molecule has 0 bridgehead atoms. The SMILES string of the molecule is O=C(Cc1ccccc1)NC1C(=O)N2C(C(=O)O)C(CO)CS[C@@H]12. The van der Waals surface area contributed by atoms with Gasteiger partial charge in [-0.15, -0.1) is 11.8 Å². The van der Waals surface area contributed by atoms with Crippen molar-refractivity contribution in [3.05, 3.63) is 35.9 Å². The summed E-state index contributed by atoms with van der Waals surface area (Å²) in [4.78, 5) is 37.1. The first-order valence-corrected chi connectivity index (χ1v) is 8.68. The molecule has 128 valence electrons. The zero-order valence-electron chi connectivity index (χ0n) is 12.8. The van der Waals surface area contributed by atoms with Crippen LogP contribution in [0.2, 0.25) is 0 Å². The predicted molar refractivity (Wildman–Crippen MR) is 87.2 cm³/mol. The van der Waals surface area contributed by atoms with E-state index in [2.05, 4.69) is 5.32 Å². The van der Waals surface area contributed by atoms with E-state index in [-0.39, 0.29) is 24.3 Å². The smallest absolute Gasteiger partial charge is 0.326 e. The molecule has 7 nitrogen and oxygen atoms in total. The maximum Gasteiger partial charge on any atom is 0.326 e. The summed E-state index contributed by atoms with van der Waals surface area (Å²) in [6, 6.07) is 7.46. The topological polar surface area (TPSA) is 107 Å². The standard InChI is InChI=1S/C16H18N2O5S/c19-7-10-8-24-15-12(14(21)18(15)13(10)16(22)23)17-11(20)6-9-4-2-1-3-5-9/h1-5,10,12-13,15,19H,6-8H2,(H,17,20)(H,22,23)/t10?,12?,13?,15-/m0/s1. The van der Waals surface area contributed by atoms with Crippen molar-refractivity contribution in [3.63, 3.8) is 0 Å². The van der Waals surface area contributed by atoms with E-state index >= 15 is 0 Å². The Hall–Kier alpha value is -2.06. The molecule has 0 aliphatic carbocycles. The van der Waals surface area contributed by atoms with Gasteiger partial charge in [-0.3, -0.25) is 9.59 Å². The fraction of sp³-hybridized carbons (Fsp3) is 0.438. The lowest BCUT2D eigenvalue weighted by Gasteiger charge is -2.54. The second-order valence-corrected chi connectivity index (χ2v) is 7.05. The van der Waals surface area contributed by atoms with Crippen molar-refractivity contribution in [3.8, 4) is 0 Å². The van der Waals surface area contributed by atoms with Crippen LogP contribution in [0.5, 0.6) is 0 Å². The van der Waals surface area contributed by atoms with Crippen molar-refractivity contribution in [2.45, 2.75) is 23.9 Å². The van der Waals surface area contributed by atoms with E-state index in [1.807, 2.05) is 30.3 Å². The van der Waals surface area contributed by atoms with Gasteiger partial charge in [0.25, 0.3) is 0 Å². The summed E-state index contributed by atoms with van der Waals surface area (Å²) in [5.74, 6) is -1.85. The lowest BCUT2D eigenvalue weighted by molar-refractivity contribution is -0.165. The molecule has 2 heterocycles. The molecule has 4 atom stereocenters. The summed E-state index contributed by atoms with van der Waals surface area (Å²) in [7, 11) is 0. The van der Waals surface area contributed by atoms with Crippen LogP contribution >= 0.6 is 11.8 Å². The van der Waals surface area contributed by atoms with Crippen LogP contribution < -0.4 is 5.32 Å². The Morgan fingerprint density at radius 3 is 2.62 bits per heavy atom. The number of carbonyl (C=O) groups is 3. The van der Waals surface area contributed by atoms with Crippen LogP contribution in [-0.2, 0) is 20.8 Å². The number of aliphatic hydroxyl groups is 1. The molecule has 0 saturated carbocycles. The van der Waals surface area contributed by atoms with Gasteiger partial charge in [-0.25, -0.2) is 4.79 Å². The van der Waals surface area contributed by atoms with Gasteiger partial charge in [0.15, 0.2) is 0 Å². The number of aliphatic hydroxyl groups excluding tert-OH is 1. The Morgan fingerprint density at radius 1 is 1.29 bits per heavy atom. The van der Waals surface area contributed by atoms with Crippen molar-refractivity contribution in [2.75, 3.05) is 12.4 Å². The molecule has 2 fully saturated rings. The van der Waals surface area contributed by atoms with Crippen LogP contribution in [0.4, 0.5) is 0 Å². The molecule has 2 amide bonds. The molecular weight excluding hydrogens is 332 g/mol. The third-order valence-electron chi connectivity index (χ3n) is 4.32. The molecule has 0 aromatic heterocycles. The van der Waals surface area contributed by atoms with E-state index in [1.54, 1.807) is 0 Å². The largest absolute Gasteiger partial charge is 0.480 e. The van der Waals surface area contributed by atoms with Crippen molar-refractivity contribution >= 4 is 29.5 Å². The number of rotatable bonds is 5. The van der Waals surface area contributed by atoms with Gasteiger partial charge < -0.3 is 20.4 Å². The molecule has 1 aromatic carbocycles. The summed E-state index contributed by atoms with van der Waals surface area (Å²) in [6.45, 7) is -0.286. The third kappa shape index (κ3) is 2.99. The number of carboxylic acid groups (broad SMARTS) is 1. The number of hydrogen-bond donors (Lipinski definition) is 3. The highest BCUT2D eigenvalue weighted by molar-refractivity contribution is 8.00. The first-order valence-electron chi connectivity index (χ1n) is 7.63. The number of fused-ring (bicyclic) bond motifs is 1. The minimum Gasteiger partial charge on any atom is -0.480 e. The molecule has 2 aliphatic rings. The number of amides is 2. The summed E-state index contributed by atoms with van der Waals surface area (Å²) in [6.07, 6.45) is 0.170. The van der Waals surface area contributed by atoms with Gasteiger partial charge in [-0.1, -0.05) is 30.3 Å². The number of aliphatic carboxylic acids is 1. The van der Waals surface area contributed by atoms with Gasteiger partial charge in [-0.05, 0) is 5.56 Å². The number of carbonyl (C=O) groups excluding carboxylic acids is 2. The molecule has 0 spiro atoms. The van der Waals surface area contributed by atoms with E-state index in [9.17, 15) is 24.6 Å². The molecule has 1 aromatic rings. The Bertz CT molecular complexity index is 653. The molecule has 3 unspecified atom stereocenters. The van der Waals surface area contributed by atoms with E-state index in [4.69, 9.17) is 0 Å². The van der Waals surface area contributed by atoms with Gasteiger partial charge in [0.05, 0.1) is 6.42 Å². The fourth-order valence-electron chi connectivity index (χ4n) is 3.11. The highest BCUT2D eigenvalue weighted by atomic mass is 32.2. The van der Waals surface area contributed by atoms with Gasteiger partial charge in [0, 0.05) is 18.3 Å². The lowest BCUT2D eigenvalue weighted by atomic mass is 9.94. The van der Waals surface area contributed by atoms with Crippen molar-refractivity contribution < 1.29 is 24.6 Å². The first-order chi connectivity index (χ1) is 11.5. The molecule has 2 aliphatic heterocycles. The average Bonchev–Trinajstić information content (AvgIpc) is 2.58. The van der Waals surface area contributed by atoms with Crippen LogP contribution in [-0.4, -0.2) is 62.7 Å². The Kier molecular flexibility index (Phi) is 4.77. The van der Waals surface area contributed by atoms with Crippen molar-refractivity contribution in [2.24, 2.45) is 5.92 Å². The average molecular weight is 350 g/mol. The normalized spacial score (nSPS) is 28.7. The quantitative estimate of drug-likeness (QED) is 0.629. The molecular formula is C16H18N2O5S. The zero-order chi connectivity index (χ0) is 17.3.